The van der Waals surface area contributed by atoms with Crippen molar-refractivity contribution in [3.05, 3.63) is 29.3 Å². The first kappa shape index (κ1) is 13.0. The van der Waals surface area contributed by atoms with Crippen LogP contribution in [0.15, 0.2) is 18.2 Å². The van der Waals surface area contributed by atoms with Crippen LogP contribution in [0.5, 0.6) is 5.75 Å². The van der Waals surface area contributed by atoms with Gasteiger partial charge >= 0.3 is 0 Å². The van der Waals surface area contributed by atoms with Crippen LogP contribution in [0.2, 0.25) is 0 Å². The average molecular weight is 259 g/mol. The maximum atomic E-state index is 6.65. The second-order valence-corrected chi connectivity index (χ2v) is 6.75. The summed E-state index contributed by atoms with van der Waals surface area (Å²) in [6, 6.07) is 6.47. The third-order valence-corrected chi connectivity index (χ3v) is 5.28. The van der Waals surface area contributed by atoms with Gasteiger partial charge in [-0.2, -0.15) is 0 Å². The van der Waals surface area contributed by atoms with E-state index in [4.69, 9.17) is 10.5 Å². The first-order valence-corrected chi connectivity index (χ1v) is 7.51. The first-order chi connectivity index (χ1) is 9.07. The highest BCUT2D eigenvalue weighted by Crippen LogP contribution is 2.59. The second-order valence-electron chi connectivity index (χ2n) is 6.75. The second kappa shape index (κ2) is 4.52. The van der Waals surface area contributed by atoms with Gasteiger partial charge in [-0.25, -0.2) is 0 Å². The van der Waals surface area contributed by atoms with Gasteiger partial charge in [0.05, 0.1) is 7.11 Å². The van der Waals surface area contributed by atoms with Crippen LogP contribution in [0.25, 0.3) is 0 Å². The van der Waals surface area contributed by atoms with Crippen LogP contribution in [0.1, 0.15) is 56.1 Å². The molecule has 2 N–H and O–H groups in total. The van der Waals surface area contributed by atoms with Crippen LogP contribution in [-0.2, 0) is 5.54 Å². The van der Waals surface area contributed by atoms with Gasteiger partial charge in [0, 0.05) is 5.54 Å². The molecule has 2 saturated carbocycles. The van der Waals surface area contributed by atoms with E-state index >= 15 is 0 Å². The monoisotopic (exact) mass is 259 g/mol. The molecule has 2 aliphatic rings. The van der Waals surface area contributed by atoms with Crippen LogP contribution < -0.4 is 10.5 Å². The number of methoxy groups -OCH3 is 1. The Bertz CT molecular complexity index is 466. The molecule has 0 bridgehead atoms. The Kier molecular flexibility index (Phi) is 3.09. The summed E-state index contributed by atoms with van der Waals surface area (Å²) in [6.07, 6.45) is 9.29. The van der Waals surface area contributed by atoms with Crippen molar-refractivity contribution in [2.24, 2.45) is 11.1 Å². The van der Waals surface area contributed by atoms with Gasteiger partial charge in [0.2, 0.25) is 0 Å². The standard InChI is InChI=1S/C17H25NO/c1-13-6-7-14(10-15(13)19-2)17(18)11-16(12-17)8-4-3-5-9-16/h6-7,10H,3-5,8-9,11-12,18H2,1-2H3. The number of aryl methyl sites for hydroxylation is 1. The maximum absolute atomic E-state index is 6.65. The Morgan fingerprint density at radius 3 is 2.42 bits per heavy atom. The van der Waals surface area contributed by atoms with Crippen molar-refractivity contribution in [3.63, 3.8) is 0 Å². The van der Waals surface area contributed by atoms with Crippen LogP contribution in [-0.4, -0.2) is 7.11 Å². The summed E-state index contributed by atoms with van der Waals surface area (Å²) < 4.78 is 5.43. The molecule has 1 aromatic rings. The highest BCUT2D eigenvalue weighted by molar-refractivity contribution is 5.41. The molecule has 1 aromatic carbocycles. The smallest absolute Gasteiger partial charge is 0.122 e. The molecule has 0 aromatic heterocycles. The van der Waals surface area contributed by atoms with E-state index in [0.29, 0.717) is 5.41 Å². The first-order valence-electron chi connectivity index (χ1n) is 7.51. The number of nitrogens with two attached hydrogens (primary N) is 1. The molecule has 0 saturated heterocycles. The van der Waals surface area contributed by atoms with E-state index in [1.807, 2.05) is 0 Å². The molecule has 2 heteroatoms. The fourth-order valence-electron chi connectivity index (χ4n) is 4.28. The lowest BCUT2D eigenvalue weighted by Crippen LogP contribution is -2.56. The van der Waals surface area contributed by atoms with E-state index in [1.165, 1.54) is 43.2 Å². The van der Waals surface area contributed by atoms with E-state index in [2.05, 4.69) is 25.1 Å². The lowest BCUT2D eigenvalue weighted by atomic mass is 9.51. The summed E-state index contributed by atoms with van der Waals surface area (Å²) in [6.45, 7) is 2.08. The molecular weight excluding hydrogens is 234 g/mol. The van der Waals surface area contributed by atoms with Crippen LogP contribution in [0, 0.1) is 12.3 Å². The van der Waals surface area contributed by atoms with Crippen molar-refractivity contribution < 1.29 is 4.74 Å². The molecule has 1 spiro atoms. The lowest BCUT2D eigenvalue weighted by molar-refractivity contribution is -0.00999. The third-order valence-electron chi connectivity index (χ3n) is 5.28. The molecule has 0 radical (unpaired) electrons. The van der Waals surface area contributed by atoms with E-state index < -0.39 is 0 Å². The van der Waals surface area contributed by atoms with Crippen LogP contribution in [0.3, 0.4) is 0 Å². The summed E-state index contributed by atoms with van der Waals surface area (Å²) in [5.74, 6) is 0.965. The van der Waals surface area contributed by atoms with Gasteiger partial charge in [-0.15, -0.1) is 0 Å². The zero-order chi connectivity index (χ0) is 13.5. The lowest BCUT2D eigenvalue weighted by Gasteiger charge is -2.57. The normalized spacial score (nSPS) is 23.9. The molecular formula is C17H25NO. The predicted molar refractivity (Wildman–Crippen MR) is 78.3 cm³/mol. The highest BCUT2D eigenvalue weighted by Gasteiger charge is 2.52. The van der Waals surface area contributed by atoms with E-state index in [-0.39, 0.29) is 5.54 Å². The van der Waals surface area contributed by atoms with Crippen molar-refractivity contribution in [3.8, 4) is 5.75 Å². The molecule has 2 fully saturated rings. The Hall–Kier alpha value is -1.02. The zero-order valence-corrected chi connectivity index (χ0v) is 12.2. The van der Waals surface area contributed by atoms with Gasteiger partial charge in [-0.05, 0) is 55.2 Å². The van der Waals surface area contributed by atoms with Gasteiger partial charge in [-0.1, -0.05) is 31.4 Å². The quantitative estimate of drug-likeness (QED) is 0.874. The molecule has 2 aliphatic carbocycles. The van der Waals surface area contributed by atoms with Crippen molar-refractivity contribution in [2.45, 2.75) is 57.4 Å². The predicted octanol–water partition coefficient (Wildman–Crippen LogP) is 3.90. The number of benzene rings is 1. The Labute approximate surface area is 116 Å². The minimum atomic E-state index is -0.113. The zero-order valence-electron chi connectivity index (χ0n) is 12.2. The summed E-state index contributed by atoms with van der Waals surface area (Å²) in [4.78, 5) is 0. The maximum Gasteiger partial charge on any atom is 0.122 e. The van der Waals surface area contributed by atoms with Crippen molar-refractivity contribution in [1.82, 2.24) is 0 Å². The van der Waals surface area contributed by atoms with Gasteiger partial charge in [0.25, 0.3) is 0 Å². The fourth-order valence-corrected chi connectivity index (χ4v) is 4.28. The summed E-state index contributed by atoms with van der Waals surface area (Å²) >= 11 is 0. The average Bonchev–Trinajstić information content (AvgIpc) is 2.38. The Balaban J connectivity index is 1.80. The Morgan fingerprint density at radius 1 is 1.11 bits per heavy atom. The molecule has 2 nitrogen and oxygen atoms in total. The van der Waals surface area contributed by atoms with Gasteiger partial charge in [0.15, 0.2) is 0 Å². The SMILES string of the molecule is COc1cc(C2(N)CC3(CCCCC3)C2)ccc1C. The molecule has 0 heterocycles. The molecule has 0 aliphatic heterocycles. The van der Waals surface area contributed by atoms with Crippen molar-refractivity contribution >= 4 is 0 Å². The minimum Gasteiger partial charge on any atom is -0.496 e. The number of ether oxygens (including phenoxy) is 1. The molecule has 19 heavy (non-hydrogen) atoms. The Morgan fingerprint density at radius 2 is 1.79 bits per heavy atom. The number of hydrogen-bond donors (Lipinski definition) is 1. The van der Waals surface area contributed by atoms with E-state index in [0.717, 1.165) is 18.6 Å². The summed E-state index contributed by atoms with van der Waals surface area (Å²) in [5, 5.41) is 0. The van der Waals surface area contributed by atoms with Gasteiger partial charge < -0.3 is 10.5 Å². The molecule has 0 amide bonds. The van der Waals surface area contributed by atoms with Crippen LogP contribution in [0.4, 0.5) is 0 Å². The van der Waals surface area contributed by atoms with Gasteiger partial charge in [0.1, 0.15) is 5.75 Å². The topological polar surface area (TPSA) is 35.2 Å². The number of hydrogen-bond acceptors (Lipinski definition) is 2. The largest absolute Gasteiger partial charge is 0.496 e. The highest BCUT2D eigenvalue weighted by atomic mass is 16.5. The minimum absolute atomic E-state index is 0.113. The molecule has 0 unspecified atom stereocenters. The fraction of sp³-hybridized carbons (Fsp3) is 0.647. The van der Waals surface area contributed by atoms with Crippen molar-refractivity contribution in [2.75, 3.05) is 7.11 Å². The van der Waals surface area contributed by atoms with E-state index in [9.17, 15) is 0 Å². The summed E-state index contributed by atoms with van der Waals surface area (Å²) in [7, 11) is 1.73. The third kappa shape index (κ3) is 2.16. The number of rotatable bonds is 2. The molecule has 0 atom stereocenters. The van der Waals surface area contributed by atoms with Crippen molar-refractivity contribution in [1.29, 1.82) is 0 Å². The van der Waals surface area contributed by atoms with E-state index in [1.54, 1.807) is 7.11 Å². The van der Waals surface area contributed by atoms with Crippen LogP contribution >= 0.6 is 0 Å². The summed E-state index contributed by atoms with van der Waals surface area (Å²) in [5.41, 5.74) is 9.53. The van der Waals surface area contributed by atoms with Gasteiger partial charge in [-0.3, -0.25) is 0 Å². The molecule has 3 rings (SSSR count). The molecule has 104 valence electrons.